The van der Waals surface area contributed by atoms with Gasteiger partial charge in [-0.2, -0.15) is 0 Å². The molecule has 0 heterocycles. The third-order valence-corrected chi connectivity index (χ3v) is 2.01. The molecule has 1 N–H and O–H groups in total. The predicted molar refractivity (Wildman–Crippen MR) is 54.7 cm³/mol. The summed E-state index contributed by atoms with van der Waals surface area (Å²) in [4.78, 5) is 0. The molecule has 0 aliphatic carbocycles. The summed E-state index contributed by atoms with van der Waals surface area (Å²) in [5.74, 6) is 6.31. The molecular formula is C12H14O. The first kappa shape index (κ1) is 9.67. The number of aryl methyl sites for hydroxylation is 1. The van der Waals surface area contributed by atoms with Crippen LogP contribution in [-0.4, -0.2) is 5.11 Å². The first-order valence-electron chi connectivity index (χ1n) is 4.37. The standard InChI is InChI=1S/C12H14O/c1-4-5-10(3)11-8-9(2)6-7-12(11)13/h6-8,10,13H,1-3H3. The second-order valence-corrected chi connectivity index (χ2v) is 3.18. The van der Waals surface area contributed by atoms with Gasteiger partial charge in [0.05, 0.1) is 0 Å². The number of phenolic OH excluding ortho intramolecular Hbond substituents is 1. The molecular weight excluding hydrogens is 160 g/mol. The van der Waals surface area contributed by atoms with Crippen molar-refractivity contribution in [2.24, 2.45) is 0 Å². The van der Waals surface area contributed by atoms with Gasteiger partial charge in [0.15, 0.2) is 0 Å². The highest BCUT2D eigenvalue weighted by Gasteiger charge is 2.06. The molecule has 0 aliphatic heterocycles. The molecule has 13 heavy (non-hydrogen) atoms. The van der Waals surface area contributed by atoms with E-state index in [1.165, 1.54) is 0 Å². The largest absolute Gasteiger partial charge is 0.508 e. The molecule has 1 unspecified atom stereocenters. The van der Waals surface area contributed by atoms with Crippen molar-refractivity contribution in [2.45, 2.75) is 26.7 Å². The Labute approximate surface area is 79.4 Å². The van der Waals surface area contributed by atoms with Crippen LogP contribution in [0.15, 0.2) is 18.2 Å². The summed E-state index contributed by atoms with van der Waals surface area (Å²) in [6.07, 6.45) is 0. The number of benzene rings is 1. The molecule has 0 saturated carbocycles. The topological polar surface area (TPSA) is 20.2 Å². The molecule has 68 valence electrons. The van der Waals surface area contributed by atoms with Gasteiger partial charge in [0.2, 0.25) is 0 Å². The highest BCUT2D eigenvalue weighted by molar-refractivity contribution is 5.41. The minimum absolute atomic E-state index is 0.102. The molecule has 0 fully saturated rings. The van der Waals surface area contributed by atoms with Crippen LogP contribution in [0.1, 0.15) is 30.9 Å². The zero-order valence-electron chi connectivity index (χ0n) is 8.26. The van der Waals surface area contributed by atoms with Crippen molar-refractivity contribution in [3.05, 3.63) is 29.3 Å². The molecule has 0 amide bonds. The summed E-state index contributed by atoms with van der Waals surface area (Å²) in [6.45, 7) is 5.81. The van der Waals surface area contributed by atoms with E-state index in [9.17, 15) is 5.11 Å². The molecule has 1 nitrogen and oxygen atoms in total. The Balaban J connectivity index is 3.10. The summed E-state index contributed by atoms with van der Waals surface area (Å²) in [6, 6.07) is 5.59. The zero-order valence-corrected chi connectivity index (χ0v) is 8.26. The number of phenols is 1. The van der Waals surface area contributed by atoms with Gasteiger partial charge in [-0.15, -0.1) is 5.92 Å². The summed E-state index contributed by atoms with van der Waals surface area (Å²) >= 11 is 0. The summed E-state index contributed by atoms with van der Waals surface area (Å²) < 4.78 is 0. The highest BCUT2D eigenvalue weighted by atomic mass is 16.3. The van der Waals surface area contributed by atoms with E-state index in [1.807, 2.05) is 32.9 Å². The molecule has 0 aromatic heterocycles. The second kappa shape index (κ2) is 4.00. The molecule has 1 aromatic carbocycles. The van der Waals surface area contributed by atoms with E-state index in [0.717, 1.165) is 11.1 Å². The zero-order chi connectivity index (χ0) is 9.84. The van der Waals surface area contributed by atoms with Crippen molar-refractivity contribution in [3.8, 4) is 17.6 Å². The quantitative estimate of drug-likeness (QED) is 0.649. The Morgan fingerprint density at radius 2 is 2.08 bits per heavy atom. The molecule has 1 rings (SSSR count). The SMILES string of the molecule is CC#CC(C)c1cc(C)ccc1O. The van der Waals surface area contributed by atoms with Crippen molar-refractivity contribution in [3.63, 3.8) is 0 Å². The van der Waals surface area contributed by atoms with E-state index in [4.69, 9.17) is 0 Å². The van der Waals surface area contributed by atoms with Crippen LogP contribution in [0, 0.1) is 18.8 Å². The van der Waals surface area contributed by atoms with Crippen molar-refractivity contribution in [1.29, 1.82) is 0 Å². The van der Waals surface area contributed by atoms with Gasteiger partial charge in [0.1, 0.15) is 5.75 Å². The average Bonchev–Trinajstić information content (AvgIpc) is 2.09. The molecule has 0 radical (unpaired) electrons. The van der Waals surface area contributed by atoms with E-state index in [1.54, 1.807) is 6.07 Å². The Morgan fingerprint density at radius 3 is 2.69 bits per heavy atom. The third-order valence-electron chi connectivity index (χ3n) is 2.01. The van der Waals surface area contributed by atoms with Crippen LogP contribution in [0.4, 0.5) is 0 Å². The number of aromatic hydroxyl groups is 1. The lowest BCUT2D eigenvalue weighted by molar-refractivity contribution is 0.467. The molecule has 0 saturated heterocycles. The van der Waals surface area contributed by atoms with Gasteiger partial charge in [-0.1, -0.05) is 23.6 Å². The average molecular weight is 174 g/mol. The van der Waals surface area contributed by atoms with Gasteiger partial charge in [0, 0.05) is 11.5 Å². The third kappa shape index (κ3) is 2.26. The van der Waals surface area contributed by atoms with Crippen LogP contribution >= 0.6 is 0 Å². The lowest BCUT2D eigenvalue weighted by atomic mass is 9.99. The Hall–Kier alpha value is -1.42. The lowest BCUT2D eigenvalue weighted by Gasteiger charge is -2.07. The summed E-state index contributed by atoms with van der Waals surface area (Å²) in [7, 11) is 0. The van der Waals surface area contributed by atoms with Crippen LogP contribution in [-0.2, 0) is 0 Å². The van der Waals surface area contributed by atoms with Gasteiger partial charge in [-0.3, -0.25) is 0 Å². The fourth-order valence-electron chi connectivity index (χ4n) is 1.32. The fraction of sp³-hybridized carbons (Fsp3) is 0.333. The molecule has 0 spiro atoms. The molecule has 0 bridgehead atoms. The van der Waals surface area contributed by atoms with Gasteiger partial charge in [-0.25, -0.2) is 0 Å². The predicted octanol–water partition coefficient (Wildman–Crippen LogP) is 2.83. The van der Waals surface area contributed by atoms with Crippen LogP contribution in [0.25, 0.3) is 0 Å². The normalized spacial score (nSPS) is 11.6. The fourth-order valence-corrected chi connectivity index (χ4v) is 1.32. The van der Waals surface area contributed by atoms with E-state index in [0.29, 0.717) is 5.75 Å². The first-order valence-corrected chi connectivity index (χ1v) is 4.37. The van der Waals surface area contributed by atoms with Gasteiger partial charge >= 0.3 is 0 Å². The van der Waals surface area contributed by atoms with E-state index in [-0.39, 0.29) is 5.92 Å². The van der Waals surface area contributed by atoms with Crippen LogP contribution < -0.4 is 0 Å². The number of hydrogen-bond donors (Lipinski definition) is 1. The number of hydrogen-bond acceptors (Lipinski definition) is 1. The molecule has 1 aromatic rings. The van der Waals surface area contributed by atoms with Crippen LogP contribution in [0.2, 0.25) is 0 Å². The minimum Gasteiger partial charge on any atom is -0.508 e. The van der Waals surface area contributed by atoms with E-state index < -0.39 is 0 Å². The van der Waals surface area contributed by atoms with Gasteiger partial charge in [0.25, 0.3) is 0 Å². The van der Waals surface area contributed by atoms with Gasteiger partial charge in [-0.05, 0) is 26.8 Å². The lowest BCUT2D eigenvalue weighted by Crippen LogP contribution is -1.91. The van der Waals surface area contributed by atoms with Crippen molar-refractivity contribution >= 4 is 0 Å². The minimum atomic E-state index is 0.102. The second-order valence-electron chi connectivity index (χ2n) is 3.18. The monoisotopic (exact) mass is 174 g/mol. The van der Waals surface area contributed by atoms with Crippen LogP contribution in [0.3, 0.4) is 0 Å². The maximum atomic E-state index is 9.56. The van der Waals surface area contributed by atoms with Gasteiger partial charge < -0.3 is 5.11 Å². The molecule has 0 aliphatic rings. The highest BCUT2D eigenvalue weighted by Crippen LogP contribution is 2.25. The Bertz CT molecular complexity index is 355. The van der Waals surface area contributed by atoms with E-state index >= 15 is 0 Å². The summed E-state index contributed by atoms with van der Waals surface area (Å²) in [5.41, 5.74) is 2.06. The smallest absolute Gasteiger partial charge is 0.120 e. The summed E-state index contributed by atoms with van der Waals surface area (Å²) in [5, 5.41) is 9.56. The van der Waals surface area contributed by atoms with Crippen molar-refractivity contribution in [1.82, 2.24) is 0 Å². The van der Waals surface area contributed by atoms with Crippen LogP contribution in [0.5, 0.6) is 5.75 Å². The first-order chi connectivity index (χ1) is 6.15. The maximum absolute atomic E-state index is 9.56. The van der Waals surface area contributed by atoms with E-state index in [2.05, 4.69) is 11.8 Å². The van der Waals surface area contributed by atoms with Crippen molar-refractivity contribution in [2.75, 3.05) is 0 Å². The molecule has 1 heteroatoms. The molecule has 1 atom stereocenters. The number of rotatable bonds is 1. The Morgan fingerprint density at radius 1 is 1.38 bits per heavy atom. The van der Waals surface area contributed by atoms with Crippen molar-refractivity contribution < 1.29 is 5.11 Å². The maximum Gasteiger partial charge on any atom is 0.120 e. The Kier molecular flexibility index (Phi) is 2.97.